The van der Waals surface area contributed by atoms with E-state index in [0.717, 1.165) is 23.7 Å². The molecule has 0 bridgehead atoms. The van der Waals surface area contributed by atoms with Gasteiger partial charge < -0.3 is 10.2 Å². The number of H-pyrrole nitrogens is 1. The average molecular weight is 407 g/mol. The zero-order chi connectivity index (χ0) is 21.5. The standard InChI is InChI=1S/C25H34N4O/c1-18(2)12-21(20-8-6-5-7-9-20)15-25(30)26-17-23(29(3)4)14-19-10-11-24-22(13-19)16-27-28-24/h5-11,13,16,18,21,23H,12,14-15,17H2,1-4H3,(H,26,30)(H,27,28). The fourth-order valence-corrected chi connectivity index (χ4v) is 3.99. The van der Waals surface area contributed by atoms with Crippen molar-refractivity contribution in [1.82, 2.24) is 20.4 Å². The lowest BCUT2D eigenvalue weighted by Gasteiger charge is -2.26. The molecule has 0 aliphatic rings. The van der Waals surface area contributed by atoms with Crippen LogP contribution in [0.4, 0.5) is 0 Å². The topological polar surface area (TPSA) is 61.0 Å². The van der Waals surface area contributed by atoms with Gasteiger partial charge in [0.2, 0.25) is 5.91 Å². The second-order valence-corrected chi connectivity index (χ2v) is 8.86. The van der Waals surface area contributed by atoms with Crippen molar-refractivity contribution in [2.75, 3.05) is 20.6 Å². The van der Waals surface area contributed by atoms with Crippen LogP contribution in [0.25, 0.3) is 10.9 Å². The first-order valence-corrected chi connectivity index (χ1v) is 10.8. The molecule has 1 amide bonds. The lowest BCUT2D eigenvalue weighted by atomic mass is 9.87. The molecule has 0 radical (unpaired) electrons. The summed E-state index contributed by atoms with van der Waals surface area (Å²) >= 11 is 0. The van der Waals surface area contributed by atoms with Gasteiger partial charge in [0.15, 0.2) is 0 Å². The highest BCUT2D eigenvalue weighted by atomic mass is 16.1. The molecule has 0 fully saturated rings. The first kappa shape index (κ1) is 22.0. The molecule has 2 atom stereocenters. The van der Waals surface area contributed by atoms with Crippen LogP contribution in [0.1, 0.15) is 43.7 Å². The molecule has 160 valence electrons. The minimum Gasteiger partial charge on any atom is -0.355 e. The molecule has 1 aromatic heterocycles. The van der Waals surface area contributed by atoms with Crippen LogP contribution in [0.15, 0.2) is 54.7 Å². The number of nitrogens with zero attached hydrogens (tertiary/aromatic N) is 2. The van der Waals surface area contributed by atoms with Gasteiger partial charge in [0.25, 0.3) is 0 Å². The summed E-state index contributed by atoms with van der Waals surface area (Å²) in [5.41, 5.74) is 3.54. The van der Waals surface area contributed by atoms with Crippen LogP contribution in [0.3, 0.4) is 0 Å². The summed E-state index contributed by atoms with van der Waals surface area (Å²) in [6, 6.07) is 17.0. The summed E-state index contributed by atoms with van der Waals surface area (Å²) in [7, 11) is 4.14. The minimum absolute atomic E-state index is 0.127. The van der Waals surface area contributed by atoms with Gasteiger partial charge in [-0.3, -0.25) is 9.89 Å². The maximum atomic E-state index is 12.8. The largest absolute Gasteiger partial charge is 0.355 e. The second kappa shape index (κ2) is 10.4. The zero-order valence-electron chi connectivity index (χ0n) is 18.6. The van der Waals surface area contributed by atoms with Crippen molar-refractivity contribution in [3.63, 3.8) is 0 Å². The predicted octanol–water partition coefficient (Wildman–Crippen LogP) is 4.37. The Morgan fingerprint density at radius 3 is 2.60 bits per heavy atom. The molecule has 2 aromatic carbocycles. The number of fused-ring (bicyclic) bond motifs is 1. The van der Waals surface area contributed by atoms with Gasteiger partial charge in [-0.15, -0.1) is 0 Å². The van der Waals surface area contributed by atoms with Gasteiger partial charge in [0, 0.05) is 24.4 Å². The third-order valence-electron chi connectivity index (χ3n) is 5.70. The molecule has 0 aliphatic heterocycles. The molecule has 0 saturated carbocycles. The van der Waals surface area contributed by atoms with E-state index < -0.39 is 0 Å². The first-order valence-electron chi connectivity index (χ1n) is 10.8. The quantitative estimate of drug-likeness (QED) is 0.525. The summed E-state index contributed by atoms with van der Waals surface area (Å²) in [4.78, 5) is 15.0. The Morgan fingerprint density at radius 2 is 1.90 bits per heavy atom. The number of nitrogens with one attached hydrogen (secondary N) is 2. The maximum absolute atomic E-state index is 12.8. The van der Waals surface area contributed by atoms with Gasteiger partial charge in [-0.25, -0.2) is 0 Å². The molecule has 0 saturated heterocycles. The van der Waals surface area contributed by atoms with Crippen molar-refractivity contribution in [3.05, 3.63) is 65.9 Å². The highest BCUT2D eigenvalue weighted by Gasteiger charge is 2.19. The molecule has 0 spiro atoms. The zero-order valence-corrected chi connectivity index (χ0v) is 18.6. The molecule has 0 aliphatic carbocycles. The Kier molecular flexibility index (Phi) is 7.63. The summed E-state index contributed by atoms with van der Waals surface area (Å²) in [6.07, 6.45) is 4.27. The SMILES string of the molecule is CC(C)CC(CC(=O)NCC(Cc1ccc2[nH]ncc2c1)N(C)C)c1ccccc1. The number of amides is 1. The van der Waals surface area contributed by atoms with Crippen LogP contribution in [0, 0.1) is 5.92 Å². The number of carbonyl (C=O) groups excluding carboxylic acids is 1. The van der Waals surface area contributed by atoms with Gasteiger partial charge in [0.05, 0.1) is 11.7 Å². The van der Waals surface area contributed by atoms with Crippen molar-refractivity contribution < 1.29 is 4.79 Å². The Bertz CT molecular complexity index is 932. The molecule has 2 N–H and O–H groups in total. The number of hydrogen-bond donors (Lipinski definition) is 2. The fourth-order valence-electron chi connectivity index (χ4n) is 3.99. The van der Waals surface area contributed by atoms with E-state index in [9.17, 15) is 4.79 Å². The predicted molar refractivity (Wildman–Crippen MR) is 124 cm³/mol. The summed E-state index contributed by atoms with van der Waals surface area (Å²) in [5.74, 6) is 0.935. The summed E-state index contributed by atoms with van der Waals surface area (Å²) in [5, 5.41) is 11.4. The number of aromatic amines is 1. The van der Waals surface area contributed by atoms with Gasteiger partial charge >= 0.3 is 0 Å². The molecular formula is C25H34N4O. The van der Waals surface area contributed by atoms with Crippen molar-refractivity contribution in [3.8, 4) is 0 Å². The lowest BCUT2D eigenvalue weighted by molar-refractivity contribution is -0.121. The van der Waals surface area contributed by atoms with Crippen molar-refractivity contribution in [2.45, 2.75) is 45.1 Å². The highest BCUT2D eigenvalue weighted by molar-refractivity contribution is 5.78. The second-order valence-electron chi connectivity index (χ2n) is 8.86. The molecule has 1 heterocycles. The highest BCUT2D eigenvalue weighted by Crippen LogP contribution is 2.27. The number of likely N-dealkylation sites (N-methyl/N-ethyl adjacent to an activating group) is 1. The monoisotopic (exact) mass is 406 g/mol. The maximum Gasteiger partial charge on any atom is 0.220 e. The van der Waals surface area contributed by atoms with E-state index in [1.54, 1.807) is 0 Å². The lowest BCUT2D eigenvalue weighted by Crippen LogP contribution is -2.41. The van der Waals surface area contributed by atoms with E-state index in [0.29, 0.717) is 18.9 Å². The number of benzene rings is 2. The third kappa shape index (κ3) is 6.17. The Labute approximate surface area is 179 Å². The molecule has 2 unspecified atom stereocenters. The molecular weight excluding hydrogens is 372 g/mol. The van der Waals surface area contributed by atoms with Crippen LogP contribution >= 0.6 is 0 Å². The van der Waals surface area contributed by atoms with E-state index >= 15 is 0 Å². The number of carbonyl (C=O) groups is 1. The fraction of sp³-hybridized carbons (Fsp3) is 0.440. The molecule has 30 heavy (non-hydrogen) atoms. The van der Waals surface area contributed by atoms with Crippen LogP contribution in [-0.4, -0.2) is 47.7 Å². The van der Waals surface area contributed by atoms with Crippen LogP contribution in [0.5, 0.6) is 0 Å². The normalized spacial score (nSPS) is 13.7. The minimum atomic E-state index is 0.127. The van der Waals surface area contributed by atoms with Crippen LogP contribution < -0.4 is 5.32 Å². The van der Waals surface area contributed by atoms with E-state index in [1.165, 1.54) is 11.1 Å². The third-order valence-corrected chi connectivity index (χ3v) is 5.70. The number of aromatic nitrogens is 2. The molecule has 3 rings (SSSR count). The van der Waals surface area contributed by atoms with E-state index in [-0.39, 0.29) is 17.9 Å². The van der Waals surface area contributed by atoms with E-state index in [1.807, 2.05) is 12.3 Å². The Balaban J connectivity index is 1.59. The van der Waals surface area contributed by atoms with Crippen LogP contribution in [0.2, 0.25) is 0 Å². The van der Waals surface area contributed by atoms with E-state index in [2.05, 4.69) is 90.8 Å². The van der Waals surface area contributed by atoms with Gasteiger partial charge in [0.1, 0.15) is 0 Å². The van der Waals surface area contributed by atoms with E-state index in [4.69, 9.17) is 0 Å². The van der Waals surface area contributed by atoms with Gasteiger partial charge in [-0.05, 0) is 62.0 Å². The number of hydrogen-bond acceptors (Lipinski definition) is 3. The van der Waals surface area contributed by atoms with Crippen molar-refractivity contribution >= 4 is 16.8 Å². The number of rotatable bonds is 10. The van der Waals surface area contributed by atoms with Crippen molar-refractivity contribution in [1.29, 1.82) is 0 Å². The Morgan fingerprint density at radius 1 is 1.13 bits per heavy atom. The summed E-state index contributed by atoms with van der Waals surface area (Å²) in [6.45, 7) is 5.07. The molecule has 3 aromatic rings. The van der Waals surface area contributed by atoms with Gasteiger partial charge in [-0.1, -0.05) is 50.2 Å². The molecule has 5 heteroatoms. The Hall–Kier alpha value is -2.66. The van der Waals surface area contributed by atoms with Crippen molar-refractivity contribution in [2.24, 2.45) is 5.92 Å². The smallest absolute Gasteiger partial charge is 0.220 e. The average Bonchev–Trinajstić information content (AvgIpc) is 3.18. The summed E-state index contributed by atoms with van der Waals surface area (Å²) < 4.78 is 0. The van der Waals surface area contributed by atoms with Gasteiger partial charge in [-0.2, -0.15) is 5.10 Å². The molecule has 5 nitrogen and oxygen atoms in total. The van der Waals surface area contributed by atoms with Crippen LogP contribution in [-0.2, 0) is 11.2 Å². The first-order chi connectivity index (χ1) is 14.4.